The molecule has 1 unspecified atom stereocenters. The Kier molecular flexibility index (Phi) is 3.20. The Morgan fingerprint density at radius 3 is 2.58 bits per heavy atom. The molecular weight excluding hydrogens is 172 g/mol. The van der Waals surface area contributed by atoms with Crippen LogP contribution in [0.5, 0.6) is 0 Å². The number of aromatic nitrogens is 1. The van der Waals surface area contributed by atoms with Crippen molar-refractivity contribution in [1.82, 2.24) is 4.98 Å². The SMILES string of the molecule is CC(C)c1ncc(C(C)ON)s1. The van der Waals surface area contributed by atoms with Crippen molar-refractivity contribution < 1.29 is 4.84 Å². The molecule has 4 heteroatoms. The second kappa shape index (κ2) is 3.98. The molecule has 1 rings (SSSR count). The molecule has 0 fully saturated rings. The molecule has 1 atom stereocenters. The number of rotatable bonds is 3. The zero-order valence-corrected chi connectivity index (χ0v) is 8.39. The highest BCUT2D eigenvalue weighted by atomic mass is 32.1. The lowest BCUT2D eigenvalue weighted by molar-refractivity contribution is 0.0687. The molecule has 2 N–H and O–H groups in total. The summed E-state index contributed by atoms with van der Waals surface area (Å²) >= 11 is 1.66. The minimum atomic E-state index is -0.0463. The highest BCUT2D eigenvalue weighted by Crippen LogP contribution is 2.26. The molecule has 3 nitrogen and oxygen atoms in total. The molecule has 0 aromatic carbocycles. The van der Waals surface area contributed by atoms with E-state index in [0.717, 1.165) is 9.88 Å². The van der Waals surface area contributed by atoms with E-state index in [4.69, 9.17) is 10.7 Å². The standard InChI is InChI=1S/C8H14N2OS/c1-5(2)8-10-4-7(12-8)6(3)11-9/h4-6H,9H2,1-3H3. The van der Waals surface area contributed by atoms with Crippen LogP contribution in [0.3, 0.4) is 0 Å². The molecule has 0 aliphatic heterocycles. The molecule has 0 saturated heterocycles. The summed E-state index contributed by atoms with van der Waals surface area (Å²) in [6, 6.07) is 0. The number of nitrogens with two attached hydrogens (primary N) is 1. The zero-order chi connectivity index (χ0) is 9.14. The Balaban J connectivity index is 2.77. The first-order valence-corrected chi connectivity index (χ1v) is 4.78. The van der Waals surface area contributed by atoms with Gasteiger partial charge in [-0.3, -0.25) is 4.84 Å². The number of hydrogen-bond donors (Lipinski definition) is 1. The average molecular weight is 186 g/mol. The van der Waals surface area contributed by atoms with Crippen LogP contribution in [0.1, 0.15) is 42.7 Å². The topological polar surface area (TPSA) is 48.1 Å². The van der Waals surface area contributed by atoms with Crippen molar-refractivity contribution in [2.45, 2.75) is 32.8 Å². The lowest BCUT2D eigenvalue weighted by Crippen LogP contribution is -2.03. The third-order valence-corrected chi connectivity index (χ3v) is 3.10. The van der Waals surface area contributed by atoms with Gasteiger partial charge in [0.05, 0.1) is 9.88 Å². The fourth-order valence-electron chi connectivity index (χ4n) is 0.823. The van der Waals surface area contributed by atoms with E-state index in [0.29, 0.717) is 5.92 Å². The first kappa shape index (κ1) is 9.64. The van der Waals surface area contributed by atoms with Crippen molar-refractivity contribution in [1.29, 1.82) is 0 Å². The maximum atomic E-state index is 5.07. The van der Waals surface area contributed by atoms with Gasteiger partial charge in [0.2, 0.25) is 0 Å². The quantitative estimate of drug-likeness (QED) is 0.736. The summed E-state index contributed by atoms with van der Waals surface area (Å²) in [5.41, 5.74) is 0. The molecule has 12 heavy (non-hydrogen) atoms. The molecule has 0 aliphatic carbocycles. The van der Waals surface area contributed by atoms with Crippen molar-refractivity contribution in [3.05, 3.63) is 16.1 Å². The van der Waals surface area contributed by atoms with Crippen LogP contribution in [0.4, 0.5) is 0 Å². The summed E-state index contributed by atoms with van der Waals surface area (Å²) in [4.78, 5) is 10.1. The van der Waals surface area contributed by atoms with E-state index in [1.54, 1.807) is 11.3 Å². The molecule has 0 radical (unpaired) electrons. The van der Waals surface area contributed by atoms with Gasteiger partial charge in [-0.2, -0.15) is 0 Å². The van der Waals surface area contributed by atoms with E-state index in [2.05, 4.69) is 18.8 Å². The predicted molar refractivity (Wildman–Crippen MR) is 49.9 cm³/mol. The first-order chi connectivity index (χ1) is 5.65. The number of hydrogen-bond acceptors (Lipinski definition) is 4. The van der Waals surface area contributed by atoms with Gasteiger partial charge in [0.1, 0.15) is 6.10 Å². The summed E-state index contributed by atoms with van der Waals surface area (Å²) in [6.07, 6.45) is 1.78. The Morgan fingerprint density at radius 1 is 1.50 bits per heavy atom. The molecule has 0 amide bonds. The molecule has 1 heterocycles. The Morgan fingerprint density at radius 2 is 2.17 bits per heavy atom. The van der Waals surface area contributed by atoms with E-state index in [-0.39, 0.29) is 6.10 Å². The van der Waals surface area contributed by atoms with Gasteiger partial charge in [0, 0.05) is 12.1 Å². The normalized spacial score (nSPS) is 13.8. The lowest BCUT2D eigenvalue weighted by Gasteiger charge is -2.03. The van der Waals surface area contributed by atoms with Crippen molar-refractivity contribution in [2.24, 2.45) is 5.90 Å². The predicted octanol–water partition coefficient (Wildman–Crippen LogP) is 2.22. The largest absolute Gasteiger partial charge is 0.296 e. The number of nitrogens with zero attached hydrogens (tertiary/aromatic N) is 1. The van der Waals surface area contributed by atoms with Gasteiger partial charge in [0.25, 0.3) is 0 Å². The molecule has 1 aromatic rings. The molecule has 0 spiro atoms. The first-order valence-electron chi connectivity index (χ1n) is 3.96. The molecule has 68 valence electrons. The minimum absolute atomic E-state index is 0.0463. The summed E-state index contributed by atoms with van der Waals surface area (Å²) in [7, 11) is 0. The molecule has 1 aromatic heterocycles. The maximum Gasteiger partial charge on any atom is 0.112 e. The van der Waals surface area contributed by atoms with Gasteiger partial charge in [-0.1, -0.05) is 13.8 Å². The van der Waals surface area contributed by atoms with Crippen LogP contribution in [-0.4, -0.2) is 4.98 Å². The van der Waals surface area contributed by atoms with Crippen LogP contribution >= 0.6 is 11.3 Å². The Bertz CT molecular complexity index is 247. The summed E-state index contributed by atoms with van der Waals surface area (Å²) < 4.78 is 0. The van der Waals surface area contributed by atoms with Gasteiger partial charge in [0.15, 0.2) is 0 Å². The summed E-state index contributed by atoms with van der Waals surface area (Å²) in [5, 5.41) is 1.13. The van der Waals surface area contributed by atoms with Crippen LogP contribution in [0.25, 0.3) is 0 Å². The Hall–Kier alpha value is -0.450. The zero-order valence-electron chi connectivity index (χ0n) is 7.57. The lowest BCUT2D eigenvalue weighted by atomic mass is 10.2. The van der Waals surface area contributed by atoms with Crippen molar-refractivity contribution in [3.8, 4) is 0 Å². The summed E-state index contributed by atoms with van der Waals surface area (Å²) in [6.45, 7) is 6.16. The van der Waals surface area contributed by atoms with Crippen molar-refractivity contribution in [3.63, 3.8) is 0 Å². The van der Waals surface area contributed by atoms with E-state index in [1.165, 1.54) is 0 Å². The van der Waals surface area contributed by atoms with Crippen LogP contribution in [0.15, 0.2) is 6.20 Å². The molecule has 0 aliphatic rings. The van der Waals surface area contributed by atoms with E-state index >= 15 is 0 Å². The van der Waals surface area contributed by atoms with Crippen LogP contribution in [0.2, 0.25) is 0 Å². The van der Waals surface area contributed by atoms with Gasteiger partial charge in [-0.25, -0.2) is 10.9 Å². The smallest absolute Gasteiger partial charge is 0.112 e. The monoisotopic (exact) mass is 186 g/mol. The van der Waals surface area contributed by atoms with Crippen molar-refractivity contribution in [2.75, 3.05) is 0 Å². The van der Waals surface area contributed by atoms with E-state index < -0.39 is 0 Å². The van der Waals surface area contributed by atoms with Crippen LogP contribution in [-0.2, 0) is 4.84 Å². The minimum Gasteiger partial charge on any atom is -0.296 e. The average Bonchev–Trinajstić information content (AvgIpc) is 2.51. The van der Waals surface area contributed by atoms with Gasteiger partial charge in [-0.05, 0) is 6.92 Å². The second-order valence-corrected chi connectivity index (χ2v) is 4.13. The van der Waals surface area contributed by atoms with Gasteiger partial charge in [-0.15, -0.1) is 11.3 Å². The second-order valence-electron chi connectivity index (χ2n) is 3.03. The fourth-order valence-corrected chi connectivity index (χ4v) is 1.73. The molecule has 0 saturated carbocycles. The van der Waals surface area contributed by atoms with Crippen LogP contribution in [0, 0.1) is 0 Å². The molecular formula is C8H14N2OS. The summed E-state index contributed by atoms with van der Waals surface area (Å²) in [5.74, 6) is 5.55. The van der Waals surface area contributed by atoms with E-state index in [1.807, 2.05) is 13.1 Å². The highest BCUT2D eigenvalue weighted by Gasteiger charge is 2.10. The van der Waals surface area contributed by atoms with Crippen LogP contribution < -0.4 is 5.90 Å². The third kappa shape index (κ3) is 2.03. The Labute approximate surface area is 76.5 Å². The number of thiazole rings is 1. The third-order valence-electron chi connectivity index (χ3n) is 1.64. The maximum absolute atomic E-state index is 5.07. The highest BCUT2D eigenvalue weighted by molar-refractivity contribution is 7.11. The van der Waals surface area contributed by atoms with Crippen molar-refractivity contribution >= 4 is 11.3 Å². The van der Waals surface area contributed by atoms with E-state index in [9.17, 15) is 0 Å². The fraction of sp³-hybridized carbons (Fsp3) is 0.625. The van der Waals surface area contributed by atoms with Gasteiger partial charge >= 0.3 is 0 Å². The molecule has 0 bridgehead atoms. The van der Waals surface area contributed by atoms with Gasteiger partial charge < -0.3 is 0 Å².